The van der Waals surface area contributed by atoms with Crippen LogP contribution in [0.5, 0.6) is 0 Å². The Labute approximate surface area is 107 Å². The van der Waals surface area contributed by atoms with E-state index < -0.39 is 0 Å². The fourth-order valence-corrected chi connectivity index (χ4v) is 1.54. The first-order valence-electron chi connectivity index (χ1n) is 5.80. The number of allylic oxidation sites excluding steroid dienone is 1. The molecular formula is C17H13F. The summed E-state index contributed by atoms with van der Waals surface area (Å²) in [4.78, 5) is 0. The van der Waals surface area contributed by atoms with Crippen LogP contribution in [-0.4, -0.2) is 0 Å². The molecule has 0 aliphatic heterocycles. The topological polar surface area (TPSA) is 0 Å². The maximum absolute atomic E-state index is 12.9. The van der Waals surface area contributed by atoms with E-state index in [1.807, 2.05) is 48.6 Å². The number of benzene rings is 2. The first-order chi connectivity index (χ1) is 8.84. The quantitative estimate of drug-likeness (QED) is 0.683. The molecule has 0 atom stereocenters. The smallest absolute Gasteiger partial charge is 0.123 e. The van der Waals surface area contributed by atoms with Crippen molar-refractivity contribution in [3.63, 3.8) is 0 Å². The lowest BCUT2D eigenvalue weighted by Crippen LogP contribution is -1.75. The lowest BCUT2D eigenvalue weighted by molar-refractivity contribution is 0.627. The SMILES string of the molecule is Fc1cccc(/C=C/CC#Cc2ccccc2)c1. The van der Waals surface area contributed by atoms with Crippen LogP contribution in [0.25, 0.3) is 6.08 Å². The third-order valence-electron chi connectivity index (χ3n) is 2.39. The van der Waals surface area contributed by atoms with Gasteiger partial charge in [-0.15, -0.1) is 0 Å². The minimum atomic E-state index is -0.215. The van der Waals surface area contributed by atoms with Crippen molar-refractivity contribution in [3.05, 3.63) is 77.6 Å². The van der Waals surface area contributed by atoms with E-state index in [1.165, 1.54) is 12.1 Å². The Morgan fingerprint density at radius 3 is 2.61 bits per heavy atom. The highest BCUT2D eigenvalue weighted by atomic mass is 19.1. The molecule has 0 unspecified atom stereocenters. The summed E-state index contributed by atoms with van der Waals surface area (Å²) in [5, 5.41) is 0. The monoisotopic (exact) mass is 236 g/mol. The van der Waals surface area contributed by atoms with Gasteiger partial charge in [-0.25, -0.2) is 4.39 Å². The molecule has 18 heavy (non-hydrogen) atoms. The highest BCUT2D eigenvalue weighted by Crippen LogP contribution is 2.05. The molecule has 2 aromatic rings. The lowest BCUT2D eigenvalue weighted by Gasteiger charge is -1.91. The van der Waals surface area contributed by atoms with Gasteiger partial charge in [0.1, 0.15) is 5.82 Å². The minimum absolute atomic E-state index is 0.215. The average Bonchev–Trinajstić information content (AvgIpc) is 2.40. The third kappa shape index (κ3) is 3.92. The molecule has 0 aliphatic rings. The van der Waals surface area contributed by atoms with Gasteiger partial charge in [-0.1, -0.05) is 54.3 Å². The van der Waals surface area contributed by atoms with Crippen LogP contribution < -0.4 is 0 Å². The molecule has 88 valence electrons. The van der Waals surface area contributed by atoms with Gasteiger partial charge in [0.2, 0.25) is 0 Å². The van der Waals surface area contributed by atoms with E-state index in [9.17, 15) is 4.39 Å². The molecule has 2 aromatic carbocycles. The van der Waals surface area contributed by atoms with Crippen LogP contribution in [-0.2, 0) is 0 Å². The summed E-state index contributed by atoms with van der Waals surface area (Å²) in [7, 11) is 0. The first kappa shape index (κ1) is 12.1. The summed E-state index contributed by atoms with van der Waals surface area (Å²) in [6, 6.07) is 16.4. The second-order valence-corrected chi connectivity index (χ2v) is 3.83. The highest BCUT2D eigenvalue weighted by Gasteiger charge is 1.88. The first-order valence-corrected chi connectivity index (χ1v) is 5.80. The van der Waals surface area contributed by atoms with Crippen LogP contribution in [0.1, 0.15) is 17.5 Å². The second kappa shape index (κ2) is 6.42. The van der Waals surface area contributed by atoms with Crippen molar-refractivity contribution in [2.45, 2.75) is 6.42 Å². The zero-order valence-corrected chi connectivity index (χ0v) is 9.94. The van der Waals surface area contributed by atoms with E-state index in [2.05, 4.69) is 11.8 Å². The van der Waals surface area contributed by atoms with Gasteiger partial charge < -0.3 is 0 Å². The highest BCUT2D eigenvalue weighted by molar-refractivity contribution is 5.49. The summed E-state index contributed by atoms with van der Waals surface area (Å²) in [6.07, 6.45) is 4.47. The third-order valence-corrected chi connectivity index (χ3v) is 2.39. The van der Waals surface area contributed by atoms with Gasteiger partial charge in [-0.2, -0.15) is 0 Å². The van der Waals surface area contributed by atoms with Crippen molar-refractivity contribution in [2.24, 2.45) is 0 Å². The van der Waals surface area contributed by atoms with E-state index in [0.29, 0.717) is 6.42 Å². The van der Waals surface area contributed by atoms with Gasteiger partial charge in [0.15, 0.2) is 0 Å². The van der Waals surface area contributed by atoms with Crippen molar-refractivity contribution in [1.29, 1.82) is 0 Å². The Morgan fingerprint density at radius 2 is 1.83 bits per heavy atom. The molecule has 0 radical (unpaired) electrons. The average molecular weight is 236 g/mol. The van der Waals surface area contributed by atoms with E-state index >= 15 is 0 Å². The maximum atomic E-state index is 12.9. The van der Waals surface area contributed by atoms with E-state index in [1.54, 1.807) is 6.07 Å². The molecule has 0 bridgehead atoms. The number of halogens is 1. The summed E-state index contributed by atoms with van der Waals surface area (Å²) in [6.45, 7) is 0. The molecule has 0 spiro atoms. The van der Waals surface area contributed by atoms with Crippen molar-refractivity contribution in [3.8, 4) is 11.8 Å². The Kier molecular flexibility index (Phi) is 4.33. The second-order valence-electron chi connectivity index (χ2n) is 3.83. The fraction of sp³-hybridized carbons (Fsp3) is 0.0588. The van der Waals surface area contributed by atoms with Gasteiger partial charge in [-0.05, 0) is 29.8 Å². The zero-order chi connectivity index (χ0) is 12.6. The Hall–Kier alpha value is -2.33. The van der Waals surface area contributed by atoms with Crippen molar-refractivity contribution < 1.29 is 4.39 Å². The molecule has 0 amide bonds. The zero-order valence-electron chi connectivity index (χ0n) is 9.94. The van der Waals surface area contributed by atoms with Gasteiger partial charge in [-0.3, -0.25) is 0 Å². The largest absolute Gasteiger partial charge is 0.207 e. The van der Waals surface area contributed by atoms with E-state index in [-0.39, 0.29) is 5.82 Å². The Bertz CT molecular complexity index is 586. The van der Waals surface area contributed by atoms with Crippen LogP contribution in [0.3, 0.4) is 0 Å². The van der Waals surface area contributed by atoms with Gasteiger partial charge >= 0.3 is 0 Å². The standard InChI is InChI=1S/C17H13F/c18-17-13-7-12-16(14-17)11-6-2-5-10-15-8-3-1-4-9-15/h1,3-4,6-9,11-14H,2H2/b11-6+. The van der Waals surface area contributed by atoms with Crippen molar-refractivity contribution >= 4 is 6.08 Å². The number of hydrogen-bond acceptors (Lipinski definition) is 0. The lowest BCUT2D eigenvalue weighted by atomic mass is 10.2. The van der Waals surface area contributed by atoms with Gasteiger partial charge in [0, 0.05) is 12.0 Å². The van der Waals surface area contributed by atoms with E-state index in [4.69, 9.17) is 0 Å². The molecule has 1 heteroatoms. The normalized spacial score (nSPS) is 10.1. The summed E-state index contributed by atoms with van der Waals surface area (Å²) in [5.74, 6) is 5.91. The van der Waals surface area contributed by atoms with Crippen molar-refractivity contribution in [1.82, 2.24) is 0 Å². The van der Waals surface area contributed by atoms with Crippen molar-refractivity contribution in [2.75, 3.05) is 0 Å². The van der Waals surface area contributed by atoms with Crippen LogP contribution in [0, 0.1) is 17.7 Å². The van der Waals surface area contributed by atoms with Crippen LogP contribution >= 0.6 is 0 Å². The Balaban J connectivity index is 1.91. The fourth-order valence-electron chi connectivity index (χ4n) is 1.54. The number of hydrogen-bond donors (Lipinski definition) is 0. The predicted octanol–water partition coefficient (Wildman–Crippen LogP) is 4.28. The predicted molar refractivity (Wildman–Crippen MR) is 73.4 cm³/mol. The maximum Gasteiger partial charge on any atom is 0.123 e. The van der Waals surface area contributed by atoms with Crippen LogP contribution in [0.4, 0.5) is 4.39 Å². The molecule has 0 aliphatic carbocycles. The molecule has 0 nitrogen and oxygen atoms in total. The molecule has 0 saturated heterocycles. The summed E-state index contributed by atoms with van der Waals surface area (Å²) >= 11 is 0. The Morgan fingerprint density at radius 1 is 1.00 bits per heavy atom. The van der Waals surface area contributed by atoms with E-state index in [0.717, 1.165) is 11.1 Å². The molecule has 2 rings (SSSR count). The van der Waals surface area contributed by atoms with Gasteiger partial charge in [0.25, 0.3) is 0 Å². The molecule has 0 aromatic heterocycles. The molecule has 0 heterocycles. The summed E-state index contributed by atoms with van der Waals surface area (Å²) < 4.78 is 12.9. The molecular weight excluding hydrogens is 223 g/mol. The van der Waals surface area contributed by atoms with Gasteiger partial charge in [0.05, 0.1) is 0 Å². The van der Waals surface area contributed by atoms with Crippen LogP contribution in [0.15, 0.2) is 60.7 Å². The molecule has 0 fully saturated rings. The molecule has 0 saturated carbocycles. The number of rotatable bonds is 2. The minimum Gasteiger partial charge on any atom is -0.207 e. The van der Waals surface area contributed by atoms with Crippen LogP contribution in [0.2, 0.25) is 0 Å². The molecule has 0 N–H and O–H groups in total. The summed E-state index contributed by atoms with van der Waals surface area (Å²) in [5.41, 5.74) is 1.87.